The SMILES string of the molecule is COCC(C)(CC(=O)O)NC(=O)c1cc(C)nc2c1c(C)nn2C. The second-order valence-electron chi connectivity index (χ2n) is 6.24. The number of aliphatic carboxylic acids is 1. The lowest BCUT2D eigenvalue weighted by Crippen LogP contribution is -2.50. The van der Waals surface area contributed by atoms with Crippen LogP contribution >= 0.6 is 0 Å². The Hall–Kier alpha value is -2.48. The average Bonchev–Trinajstić information content (AvgIpc) is 2.71. The second kappa shape index (κ2) is 6.56. The van der Waals surface area contributed by atoms with Gasteiger partial charge in [0.15, 0.2) is 5.65 Å². The van der Waals surface area contributed by atoms with Gasteiger partial charge in [0, 0.05) is 19.9 Å². The Morgan fingerprint density at radius 3 is 2.67 bits per heavy atom. The Labute approximate surface area is 139 Å². The fourth-order valence-electron chi connectivity index (χ4n) is 2.87. The Kier molecular flexibility index (Phi) is 4.88. The normalized spacial score (nSPS) is 13.7. The van der Waals surface area contributed by atoms with Crippen LogP contribution in [0, 0.1) is 13.8 Å². The number of methoxy groups -OCH3 is 1. The summed E-state index contributed by atoms with van der Waals surface area (Å²) in [6.07, 6.45) is -0.244. The molecule has 0 saturated carbocycles. The molecule has 0 fully saturated rings. The molecule has 0 spiro atoms. The van der Waals surface area contributed by atoms with Gasteiger partial charge in [-0.25, -0.2) is 4.98 Å². The molecule has 1 unspecified atom stereocenters. The van der Waals surface area contributed by atoms with Crippen LogP contribution in [0.25, 0.3) is 11.0 Å². The molecule has 0 aliphatic heterocycles. The number of hydrogen-bond acceptors (Lipinski definition) is 5. The number of carbonyl (C=O) groups excluding carboxylic acids is 1. The largest absolute Gasteiger partial charge is 0.481 e. The van der Waals surface area contributed by atoms with Crippen LogP contribution in [0.4, 0.5) is 0 Å². The van der Waals surface area contributed by atoms with E-state index in [9.17, 15) is 9.59 Å². The molecule has 2 heterocycles. The molecule has 0 aliphatic carbocycles. The van der Waals surface area contributed by atoms with Gasteiger partial charge in [-0.05, 0) is 26.8 Å². The van der Waals surface area contributed by atoms with E-state index in [0.29, 0.717) is 28.0 Å². The van der Waals surface area contributed by atoms with Crippen molar-refractivity contribution in [3.05, 3.63) is 23.0 Å². The third kappa shape index (κ3) is 3.53. The van der Waals surface area contributed by atoms with Gasteiger partial charge in [0.2, 0.25) is 0 Å². The molecule has 2 rings (SSSR count). The van der Waals surface area contributed by atoms with Crippen LogP contribution in [-0.4, -0.2) is 51.0 Å². The van der Waals surface area contributed by atoms with Crippen LogP contribution in [0.3, 0.4) is 0 Å². The highest BCUT2D eigenvalue weighted by Crippen LogP contribution is 2.22. The molecule has 0 aromatic carbocycles. The molecule has 24 heavy (non-hydrogen) atoms. The molecule has 130 valence electrons. The third-order valence-electron chi connectivity index (χ3n) is 3.76. The molecule has 2 aromatic rings. The topological polar surface area (TPSA) is 106 Å². The summed E-state index contributed by atoms with van der Waals surface area (Å²) < 4.78 is 6.70. The number of carbonyl (C=O) groups is 2. The van der Waals surface area contributed by atoms with Crippen LogP contribution < -0.4 is 5.32 Å². The van der Waals surface area contributed by atoms with Crippen molar-refractivity contribution in [3.63, 3.8) is 0 Å². The van der Waals surface area contributed by atoms with Gasteiger partial charge >= 0.3 is 5.97 Å². The summed E-state index contributed by atoms with van der Waals surface area (Å²) in [6.45, 7) is 5.33. The van der Waals surface area contributed by atoms with Crippen LogP contribution in [0.1, 0.15) is 35.1 Å². The minimum absolute atomic E-state index is 0.0876. The minimum atomic E-state index is -1.02. The van der Waals surface area contributed by atoms with E-state index in [1.54, 1.807) is 31.6 Å². The lowest BCUT2D eigenvalue weighted by atomic mass is 9.97. The van der Waals surface area contributed by atoms with Gasteiger partial charge in [-0.3, -0.25) is 14.3 Å². The Morgan fingerprint density at radius 2 is 2.08 bits per heavy atom. The summed E-state index contributed by atoms with van der Waals surface area (Å²) in [7, 11) is 3.23. The molecule has 0 saturated heterocycles. The van der Waals surface area contributed by atoms with Crippen molar-refractivity contribution < 1.29 is 19.4 Å². The first-order chi connectivity index (χ1) is 11.2. The van der Waals surface area contributed by atoms with Gasteiger partial charge in [-0.15, -0.1) is 0 Å². The zero-order valence-electron chi connectivity index (χ0n) is 14.5. The van der Waals surface area contributed by atoms with Crippen molar-refractivity contribution >= 4 is 22.9 Å². The molecular weight excluding hydrogens is 312 g/mol. The van der Waals surface area contributed by atoms with E-state index in [4.69, 9.17) is 9.84 Å². The first-order valence-corrected chi connectivity index (χ1v) is 7.51. The Balaban J connectivity index is 2.45. The molecule has 2 aromatic heterocycles. The molecule has 0 aliphatic rings. The van der Waals surface area contributed by atoms with E-state index in [1.807, 2.05) is 6.92 Å². The van der Waals surface area contributed by atoms with Crippen molar-refractivity contribution in [2.45, 2.75) is 32.7 Å². The number of carboxylic acid groups (broad SMARTS) is 1. The van der Waals surface area contributed by atoms with Crippen molar-refractivity contribution in [3.8, 4) is 0 Å². The molecule has 1 atom stereocenters. The molecule has 8 heteroatoms. The van der Waals surface area contributed by atoms with Crippen molar-refractivity contribution in [2.24, 2.45) is 7.05 Å². The predicted molar refractivity (Wildman–Crippen MR) is 88.0 cm³/mol. The Morgan fingerprint density at radius 1 is 1.42 bits per heavy atom. The number of aromatic nitrogens is 3. The summed E-state index contributed by atoms with van der Waals surface area (Å²) in [6, 6.07) is 1.68. The van der Waals surface area contributed by atoms with Gasteiger partial charge in [-0.2, -0.15) is 5.10 Å². The van der Waals surface area contributed by atoms with Crippen molar-refractivity contribution in [1.29, 1.82) is 0 Å². The van der Waals surface area contributed by atoms with Crippen molar-refractivity contribution in [2.75, 3.05) is 13.7 Å². The highest BCUT2D eigenvalue weighted by molar-refractivity contribution is 6.06. The zero-order chi connectivity index (χ0) is 18.1. The number of ether oxygens (including phenoxy) is 1. The van der Waals surface area contributed by atoms with Gasteiger partial charge < -0.3 is 15.2 Å². The maximum absolute atomic E-state index is 12.8. The van der Waals surface area contributed by atoms with Gasteiger partial charge in [0.1, 0.15) is 0 Å². The number of aryl methyl sites for hydroxylation is 3. The van der Waals surface area contributed by atoms with E-state index in [-0.39, 0.29) is 18.9 Å². The van der Waals surface area contributed by atoms with Gasteiger partial charge in [0.25, 0.3) is 5.91 Å². The lowest BCUT2D eigenvalue weighted by molar-refractivity contribution is -0.139. The smallest absolute Gasteiger partial charge is 0.305 e. The number of nitrogens with one attached hydrogen (secondary N) is 1. The zero-order valence-corrected chi connectivity index (χ0v) is 14.5. The standard InChI is InChI=1S/C16H22N4O4/c1-9-6-11(13-10(2)19-20(4)14(13)17-9)15(23)18-16(3,8-24-5)7-12(21)22/h6H,7-8H2,1-5H3,(H,18,23)(H,21,22). The summed E-state index contributed by atoms with van der Waals surface area (Å²) in [4.78, 5) is 28.3. The quantitative estimate of drug-likeness (QED) is 0.822. The molecule has 2 N–H and O–H groups in total. The third-order valence-corrected chi connectivity index (χ3v) is 3.76. The molecule has 8 nitrogen and oxygen atoms in total. The highest BCUT2D eigenvalue weighted by atomic mass is 16.5. The average molecular weight is 334 g/mol. The monoisotopic (exact) mass is 334 g/mol. The van der Waals surface area contributed by atoms with E-state index < -0.39 is 11.5 Å². The summed E-state index contributed by atoms with van der Waals surface area (Å²) in [5.41, 5.74) is 1.40. The number of carboxylic acids is 1. The van der Waals surface area contributed by atoms with Crippen LogP contribution in [-0.2, 0) is 16.6 Å². The predicted octanol–water partition coefficient (Wildman–Crippen LogP) is 1.19. The number of hydrogen-bond donors (Lipinski definition) is 2. The number of amides is 1. The van der Waals surface area contributed by atoms with Crippen LogP contribution in [0.2, 0.25) is 0 Å². The minimum Gasteiger partial charge on any atom is -0.481 e. The molecule has 0 bridgehead atoms. The highest BCUT2D eigenvalue weighted by Gasteiger charge is 2.31. The number of nitrogens with zero attached hydrogens (tertiary/aromatic N) is 3. The first kappa shape index (κ1) is 17.9. The number of fused-ring (bicyclic) bond motifs is 1. The first-order valence-electron chi connectivity index (χ1n) is 7.51. The van der Waals surface area contributed by atoms with Crippen LogP contribution in [0.5, 0.6) is 0 Å². The molecular formula is C16H22N4O4. The lowest BCUT2D eigenvalue weighted by Gasteiger charge is -2.28. The fourth-order valence-corrected chi connectivity index (χ4v) is 2.87. The summed E-state index contributed by atoms with van der Waals surface area (Å²) in [5.74, 6) is -1.38. The fraction of sp³-hybridized carbons (Fsp3) is 0.500. The van der Waals surface area contributed by atoms with Crippen LogP contribution in [0.15, 0.2) is 6.07 Å². The number of rotatable bonds is 6. The molecule has 1 amide bonds. The van der Waals surface area contributed by atoms with Crippen molar-refractivity contribution in [1.82, 2.24) is 20.1 Å². The van der Waals surface area contributed by atoms with E-state index in [2.05, 4.69) is 15.4 Å². The summed E-state index contributed by atoms with van der Waals surface area (Å²) >= 11 is 0. The van der Waals surface area contributed by atoms with Gasteiger partial charge in [0.05, 0.1) is 35.2 Å². The molecule has 0 radical (unpaired) electrons. The maximum Gasteiger partial charge on any atom is 0.305 e. The van der Waals surface area contributed by atoms with E-state index >= 15 is 0 Å². The van der Waals surface area contributed by atoms with E-state index in [1.165, 1.54) is 7.11 Å². The second-order valence-corrected chi connectivity index (χ2v) is 6.24. The number of pyridine rings is 1. The Bertz CT molecular complexity index is 799. The summed E-state index contributed by atoms with van der Waals surface area (Å²) in [5, 5.41) is 16.9. The maximum atomic E-state index is 12.8. The van der Waals surface area contributed by atoms with Gasteiger partial charge in [-0.1, -0.05) is 0 Å². The van der Waals surface area contributed by atoms with E-state index in [0.717, 1.165) is 0 Å².